The number of benzene rings is 2. The lowest BCUT2D eigenvalue weighted by molar-refractivity contribution is -0.124. The molecular weight excluding hydrogens is 437 g/mol. The van der Waals surface area contributed by atoms with Gasteiger partial charge in [0.2, 0.25) is 5.91 Å². The summed E-state index contributed by atoms with van der Waals surface area (Å²) < 4.78 is 15.6. The third-order valence-corrected chi connectivity index (χ3v) is 6.06. The molecule has 0 saturated carbocycles. The summed E-state index contributed by atoms with van der Waals surface area (Å²) in [5.41, 5.74) is 10.7. The van der Waals surface area contributed by atoms with E-state index in [0.717, 1.165) is 28.1 Å². The molecule has 10 heteroatoms. The zero-order chi connectivity index (χ0) is 23.2. The molecule has 1 fully saturated rings. The Labute approximate surface area is 193 Å². The highest BCUT2D eigenvalue weighted by molar-refractivity contribution is 6.00. The molecule has 2 aromatic heterocycles. The molecule has 2 aromatic carbocycles. The van der Waals surface area contributed by atoms with Gasteiger partial charge in [0.1, 0.15) is 11.9 Å². The number of nitrogens with zero attached hydrogens (tertiary/aromatic N) is 3. The van der Waals surface area contributed by atoms with Crippen molar-refractivity contribution in [3.63, 3.8) is 0 Å². The van der Waals surface area contributed by atoms with Gasteiger partial charge < -0.3 is 10.6 Å². The van der Waals surface area contributed by atoms with Crippen LogP contribution in [-0.2, 0) is 16.0 Å². The van der Waals surface area contributed by atoms with Gasteiger partial charge in [0.15, 0.2) is 11.5 Å². The van der Waals surface area contributed by atoms with Crippen LogP contribution in [0.5, 0.6) is 0 Å². The van der Waals surface area contributed by atoms with Gasteiger partial charge in [-0.3, -0.25) is 19.4 Å². The van der Waals surface area contributed by atoms with Crippen LogP contribution in [0.3, 0.4) is 0 Å². The van der Waals surface area contributed by atoms with Crippen LogP contribution in [0.25, 0.3) is 28.2 Å². The topological polar surface area (TPSA) is 112 Å². The number of carbonyl (C=O) groups excluding carboxylic acids is 2. The van der Waals surface area contributed by atoms with Crippen LogP contribution in [0.15, 0.2) is 54.9 Å². The van der Waals surface area contributed by atoms with Crippen LogP contribution in [0, 0.1) is 5.82 Å². The van der Waals surface area contributed by atoms with E-state index >= 15 is 0 Å². The van der Waals surface area contributed by atoms with E-state index < -0.39 is 6.04 Å². The second-order valence-corrected chi connectivity index (χ2v) is 8.28. The highest BCUT2D eigenvalue weighted by Gasteiger charge is 2.26. The molecule has 1 atom stereocenters. The Kier molecular flexibility index (Phi) is 4.73. The lowest BCUT2D eigenvalue weighted by Gasteiger charge is -2.23. The van der Waals surface area contributed by atoms with Gasteiger partial charge in [-0.15, -0.1) is 0 Å². The molecule has 0 spiro atoms. The van der Waals surface area contributed by atoms with E-state index in [0.29, 0.717) is 36.5 Å². The third kappa shape index (κ3) is 3.44. The van der Waals surface area contributed by atoms with Crippen molar-refractivity contribution in [2.45, 2.75) is 18.9 Å². The first kappa shape index (κ1) is 20.3. The molecule has 2 amide bonds. The molecule has 1 unspecified atom stereocenters. The summed E-state index contributed by atoms with van der Waals surface area (Å²) in [7, 11) is 0. The van der Waals surface area contributed by atoms with E-state index in [1.54, 1.807) is 24.5 Å². The molecule has 0 aliphatic carbocycles. The number of hydrogen-bond donors (Lipinski definition) is 4. The highest BCUT2D eigenvalue weighted by Crippen LogP contribution is 2.37. The largest absolute Gasteiger partial charge is 0.355 e. The summed E-state index contributed by atoms with van der Waals surface area (Å²) in [6, 6.07) is 11.5. The van der Waals surface area contributed by atoms with Crippen LogP contribution in [0.1, 0.15) is 12.0 Å². The number of rotatable bonds is 4. The van der Waals surface area contributed by atoms with Crippen LogP contribution in [-0.4, -0.2) is 38.8 Å². The summed E-state index contributed by atoms with van der Waals surface area (Å²) in [5.74, 6) is -0.0781. The van der Waals surface area contributed by atoms with E-state index in [4.69, 9.17) is 4.98 Å². The van der Waals surface area contributed by atoms with Crippen molar-refractivity contribution in [3.05, 3.63) is 66.2 Å². The van der Waals surface area contributed by atoms with Crippen LogP contribution >= 0.6 is 0 Å². The average Bonchev–Trinajstić information content (AvgIpc) is 3.41. The van der Waals surface area contributed by atoms with Gasteiger partial charge in [-0.05, 0) is 48.4 Å². The monoisotopic (exact) mass is 457 g/mol. The van der Waals surface area contributed by atoms with Crippen LogP contribution in [0.4, 0.5) is 15.9 Å². The molecule has 6 rings (SSSR count). The molecule has 4 heterocycles. The quantitative estimate of drug-likeness (QED) is 0.375. The number of imidazole rings is 1. The number of hydrogen-bond acceptors (Lipinski definition) is 6. The Morgan fingerprint density at radius 3 is 2.74 bits per heavy atom. The van der Waals surface area contributed by atoms with Crippen molar-refractivity contribution in [3.8, 4) is 22.5 Å². The zero-order valence-electron chi connectivity index (χ0n) is 17.9. The van der Waals surface area contributed by atoms with Gasteiger partial charge in [-0.2, -0.15) is 0 Å². The normalized spacial score (nSPS) is 17.4. The number of aromatic nitrogens is 3. The Morgan fingerprint density at radius 2 is 1.91 bits per heavy atom. The van der Waals surface area contributed by atoms with Gasteiger partial charge in [0.25, 0.3) is 5.91 Å². The first-order chi connectivity index (χ1) is 16.6. The van der Waals surface area contributed by atoms with Gasteiger partial charge in [0, 0.05) is 35.8 Å². The number of anilines is 2. The van der Waals surface area contributed by atoms with Gasteiger partial charge in [0.05, 0.1) is 17.8 Å². The third-order valence-electron chi connectivity index (χ3n) is 6.06. The number of carbonyl (C=O) groups is 2. The second-order valence-electron chi connectivity index (χ2n) is 8.28. The molecule has 170 valence electrons. The Morgan fingerprint density at radius 1 is 1.09 bits per heavy atom. The molecule has 0 radical (unpaired) electrons. The standard InChI is InChI=1S/C24H20FN7O2/c25-16-4-1-13(2-5-16)20-21(14-3-6-17-15(11-14)12-19(33)28-17)32-10-9-26-22(23(32)30-20)29-18-7-8-27-31-24(18)34/h1-6,9-11,18,27H,7-8,12H2,(H,26,29)(H,28,33)(H,31,34). The number of amides is 2. The smallest absolute Gasteiger partial charge is 0.256 e. The van der Waals surface area contributed by atoms with Crippen LogP contribution < -0.4 is 21.5 Å². The van der Waals surface area contributed by atoms with E-state index in [2.05, 4.69) is 26.5 Å². The fraction of sp³-hybridized carbons (Fsp3) is 0.167. The first-order valence-corrected chi connectivity index (χ1v) is 10.9. The Hall–Kier alpha value is -4.31. The molecule has 2 aliphatic heterocycles. The summed E-state index contributed by atoms with van der Waals surface area (Å²) in [5, 5.41) is 6.06. The predicted octanol–water partition coefficient (Wildman–Crippen LogP) is 2.50. The minimum atomic E-state index is -0.452. The molecule has 0 bridgehead atoms. The summed E-state index contributed by atoms with van der Waals surface area (Å²) in [6.45, 7) is 0.634. The zero-order valence-corrected chi connectivity index (χ0v) is 17.9. The van der Waals surface area contributed by atoms with Crippen molar-refractivity contribution < 1.29 is 14.0 Å². The summed E-state index contributed by atoms with van der Waals surface area (Å²) >= 11 is 0. The fourth-order valence-electron chi connectivity index (χ4n) is 4.43. The van der Waals surface area contributed by atoms with Crippen molar-refractivity contribution in [1.82, 2.24) is 25.2 Å². The molecule has 9 nitrogen and oxygen atoms in total. The summed E-state index contributed by atoms with van der Waals surface area (Å²) in [6.07, 6.45) is 4.35. The summed E-state index contributed by atoms with van der Waals surface area (Å²) in [4.78, 5) is 33.5. The molecule has 4 aromatic rings. The van der Waals surface area contributed by atoms with Gasteiger partial charge >= 0.3 is 0 Å². The Bertz CT molecular complexity index is 1450. The molecule has 34 heavy (non-hydrogen) atoms. The van der Waals surface area contributed by atoms with E-state index in [9.17, 15) is 14.0 Å². The van der Waals surface area contributed by atoms with Gasteiger partial charge in [-0.25, -0.2) is 19.8 Å². The van der Waals surface area contributed by atoms with Crippen molar-refractivity contribution in [2.24, 2.45) is 0 Å². The first-order valence-electron chi connectivity index (χ1n) is 10.9. The Balaban J connectivity index is 1.53. The number of hydrazine groups is 1. The fourth-order valence-corrected chi connectivity index (χ4v) is 4.43. The predicted molar refractivity (Wildman–Crippen MR) is 124 cm³/mol. The lowest BCUT2D eigenvalue weighted by atomic mass is 10.0. The molecular formula is C24H20FN7O2. The maximum Gasteiger partial charge on any atom is 0.256 e. The molecule has 2 aliphatic rings. The molecule has 1 saturated heterocycles. The number of halogens is 1. The van der Waals surface area contributed by atoms with E-state index in [1.807, 2.05) is 22.6 Å². The second kappa shape index (κ2) is 7.92. The molecule has 4 N–H and O–H groups in total. The number of fused-ring (bicyclic) bond motifs is 2. The minimum Gasteiger partial charge on any atom is -0.355 e. The maximum absolute atomic E-state index is 13.7. The van der Waals surface area contributed by atoms with Crippen LogP contribution in [0.2, 0.25) is 0 Å². The SMILES string of the molecule is O=C1Cc2cc(-c3c(-c4ccc(F)cc4)nc4c(NC5CCNNC5=O)nccn34)ccc2N1. The van der Waals surface area contributed by atoms with Gasteiger partial charge in [-0.1, -0.05) is 6.07 Å². The van der Waals surface area contributed by atoms with Crippen molar-refractivity contribution in [1.29, 1.82) is 0 Å². The van der Waals surface area contributed by atoms with Crippen molar-refractivity contribution in [2.75, 3.05) is 17.2 Å². The maximum atomic E-state index is 13.7. The number of nitrogens with one attached hydrogen (secondary N) is 4. The van der Waals surface area contributed by atoms with E-state index in [-0.39, 0.29) is 17.6 Å². The van der Waals surface area contributed by atoms with Crippen molar-refractivity contribution >= 4 is 29.0 Å². The highest BCUT2D eigenvalue weighted by atomic mass is 19.1. The average molecular weight is 457 g/mol. The lowest BCUT2D eigenvalue weighted by Crippen LogP contribution is -2.53. The van der Waals surface area contributed by atoms with E-state index in [1.165, 1.54) is 12.1 Å². The minimum absolute atomic E-state index is 0.0417.